The molecule has 1 aromatic heterocycles. The van der Waals surface area contributed by atoms with E-state index in [0.717, 1.165) is 6.07 Å². The highest BCUT2D eigenvalue weighted by Crippen LogP contribution is 2.32. The van der Waals surface area contributed by atoms with E-state index in [0.29, 0.717) is 0 Å². The lowest BCUT2D eigenvalue weighted by Crippen LogP contribution is -2.02. The van der Waals surface area contributed by atoms with Gasteiger partial charge in [0, 0.05) is 0 Å². The second-order valence-electron chi connectivity index (χ2n) is 2.69. The summed E-state index contributed by atoms with van der Waals surface area (Å²) >= 11 is 0. The number of aliphatic hydroxyl groups excluding tert-OH is 1. The molecule has 4 nitrogen and oxygen atoms in total. The lowest BCUT2D eigenvalue weighted by molar-refractivity contribution is 0.145. The van der Waals surface area contributed by atoms with Gasteiger partial charge in [-0.1, -0.05) is 0 Å². The van der Waals surface area contributed by atoms with E-state index in [2.05, 4.69) is 4.98 Å². The number of halogens is 2. The van der Waals surface area contributed by atoms with Gasteiger partial charge >= 0.3 is 0 Å². The second-order valence-corrected chi connectivity index (χ2v) is 2.69. The first kappa shape index (κ1) is 11.6. The van der Waals surface area contributed by atoms with Gasteiger partial charge in [-0.2, -0.15) is 0 Å². The molecular formula is C9H11F2NO3. The highest BCUT2D eigenvalue weighted by atomic mass is 19.3. The Morgan fingerprint density at radius 2 is 2.07 bits per heavy atom. The summed E-state index contributed by atoms with van der Waals surface area (Å²) in [6.07, 6.45) is -2.70. The number of alkyl halides is 2. The van der Waals surface area contributed by atoms with Gasteiger partial charge in [-0.25, -0.2) is 13.8 Å². The maximum absolute atomic E-state index is 12.5. The second kappa shape index (κ2) is 4.88. The van der Waals surface area contributed by atoms with Crippen molar-refractivity contribution in [1.82, 2.24) is 4.98 Å². The van der Waals surface area contributed by atoms with E-state index in [4.69, 9.17) is 14.6 Å². The molecule has 1 N–H and O–H groups in total. The Labute approximate surface area is 85.5 Å². The molecule has 15 heavy (non-hydrogen) atoms. The van der Waals surface area contributed by atoms with E-state index in [-0.39, 0.29) is 22.9 Å². The van der Waals surface area contributed by atoms with Crippen molar-refractivity contribution in [3.8, 4) is 11.6 Å². The van der Waals surface area contributed by atoms with Gasteiger partial charge in [-0.15, -0.1) is 0 Å². The van der Waals surface area contributed by atoms with E-state index >= 15 is 0 Å². The average molecular weight is 219 g/mol. The van der Waals surface area contributed by atoms with Crippen LogP contribution in [0.25, 0.3) is 0 Å². The molecule has 0 fully saturated rings. The van der Waals surface area contributed by atoms with Crippen LogP contribution in [0.4, 0.5) is 8.78 Å². The summed E-state index contributed by atoms with van der Waals surface area (Å²) in [6.45, 7) is -0.400. The molecule has 0 bridgehead atoms. The van der Waals surface area contributed by atoms with Crippen LogP contribution in [0.5, 0.6) is 11.6 Å². The average Bonchev–Trinajstić information content (AvgIpc) is 2.26. The van der Waals surface area contributed by atoms with Gasteiger partial charge < -0.3 is 14.6 Å². The molecule has 84 valence electrons. The van der Waals surface area contributed by atoms with E-state index in [9.17, 15) is 8.78 Å². The van der Waals surface area contributed by atoms with Crippen LogP contribution in [0.2, 0.25) is 0 Å². The SMILES string of the molecule is COc1cc(C(F)F)c(OC)nc1CO. The summed E-state index contributed by atoms with van der Waals surface area (Å²) in [7, 11) is 2.56. The van der Waals surface area contributed by atoms with Crippen molar-refractivity contribution in [2.75, 3.05) is 14.2 Å². The number of nitrogens with zero attached hydrogens (tertiary/aromatic N) is 1. The maximum atomic E-state index is 12.5. The smallest absolute Gasteiger partial charge is 0.269 e. The maximum Gasteiger partial charge on any atom is 0.269 e. The summed E-state index contributed by atoms with van der Waals surface area (Å²) in [4.78, 5) is 3.72. The monoisotopic (exact) mass is 219 g/mol. The number of pyridine rings is 1. The minimum atomic E-state index is -2.70. The van der Waals surface area contributed by atoms with Gasteiger partial charge in [-0.3, -0.25) is 0 Å². The molecule has 0 aliphatic heterocycles. The van der Waals surface area contributed by atoms with Gasteiger partial charge in [0.15, 0.2) is 0 Å². The summed E-state index contributed by atoms with van der Waals surface area (Å²) < 4.78 is 34.6. The fourth-order valence-corrected chi connectivity index (χ4v) is 1.14. The summed E-state index contributed by atoms with van der Waals surface area (Å²) in [5.74, 6) is -0.0801. The van der Waals surface area contributed by atoms with Crippen molar-refractivity contribution in [1.29, 1.82) is 0 Å². The molecule has 0 saturated carbocycles. The standard InChI is InChI=1S/C9H11F2NO3/c1-14-7-3-5(8(10)11)9(15-2)12-6(7)4-13/h3,8,13H,4H2,1-2H3. The van der Waals surface area contributed by atoms with Gasteiger partial charge in [0.1, 0.15) is 11.4 Å². The van der Waals surface area contributed by atoms with Crippen LogP contribution in [0.15, 0.2) is 6.07 Å². The number of hydrogen-bond acceptors (Lipinski definition) is 4. The molecule has 0 amide bonds. The zero-order valence-electron chi connectivity index (χ0n) is 8.33. The van der Waals surface area contributed by atoms with Crippen LogP contribution < -0.4 is 9.47 Å². The third-order valence-electron chi connectivity index (χ3n) is 1.85. The van der Waals surface area contributed by atoms with E-state index < -0.39 is 13.0 Å². The molecular weight excluding hydrogens is 208 g/mol. The molecule has 0 radical (unpaired) electrons. The molecule has 0 spiro atoms. The predicted molar refractivity (Wildman–Crippen MR) is 48.2 cm³/mol. The van der Waals surface area contributed by atoms with Crippen molar-refractivity contribution in [2.45, 2.75) is 13.0 Å². The zero-order chi connectivity index (χ0) is 11.4. The fourth-order valence-electron chi connectivity index (χ4n) is 1.14. The summed E-state index contributed by atoms with van der Waals surface area (Å²) in [5, 5.41) is 8.91. The number of methoxy groups -OCH3 is 2. The van der Waals surface area contributed by atoms with Crippen molar-refractivity contribution in [2.24, 2.45) is 0 Å². The Morgan fingerprint density at radius 3 is 2.47 bits per heavy atom. The van der Waals surface area contributed by atoms with E-state index in [1.54, 1.807) is 0 Å². The minimum absolute atomic E-state index is 0.119. The molecule has 0 unspecified atom stereocenters. The highest BCUT2D eigenvalue weighted by molar-refractivity contribution is 5.39. The predicted octanol–water partition coefficient (Wildman–Crippen LogP) is 1.53. The first-order chi connectivity index (χ1) is 7.13. The Balaban J connectivity index is 3.27. The topological polar surface area (TPSA) is 51.6 Å². The van der Waals surface area contributed by atoms with Crippen molar-refractivity contribution in [3.63, 3.8) is 0 Å². The first-order valence-corrected chi connectivity index (χ1v) is 4.14. The normalized spacial score (nSPS) is 10.5. The molecule has 0 aliphatic rings. The van der Waals surface area contributed by atoms with Gasteiger partial charge in [0.25, 0.3) is 6.43 Å². The Hall–Kier alpha value is -1.43. The third-order valence-corrected chi connectivity index (χ3v) is 1.85. The van der Waals surface area contributed by atoms with Crippen molar-refractivity contribution in [3.05, 3.63) is 17.3 Å². The summed E-state index contributed by atoms with van der Waals surface area (Å²) in [5.41, 5.74) is -0.190. The van der Waals surface area contributed by atoms with Crippen molar-refractivity contribution >= 4 is 0 Å². The largest absolute Gasteiger partial charge is 0.495 e. The molecule has 0 aliphatic carbocycles. The number of aliphatic hydroxyl groups is 1. The van der Waals surface area contributed by atoms with Crippen LogP contribution in [-0.2, 0) is 6.61 Å². The number of aromatic nitrogens is 1. The number of hydrogen-bond donors (Lipinski definition) is 1. The van der Waals surface area contributed by atoms with Gasteiger partial charge in [0.05, 0.1) is 26.4 Å². The van der Waals surface area contributed by atoms with Crippen LogP contribution in [0.3, 0.4) is 0 Å². The Kier molecular flexibility index (Phi) is 3.79. The van der Waals surface area contributed by atoms with Crippen LogP contribution >= 0.6 is 0 Å². The molecule has 1 aromatic rings. The Morgan fingerprint density at radius 1 is 1.40 bits per heavy atom. The molecule has 0 aromatic carbocycles. The minimum Gasteiger partial charge on any atom is -0.495 e. The van der Waals surface area contributed by atoms with Crippen LogP contribution in [0, 0.1) is 0 Å². The molecule has 6 heteroatoms. The first-order valence-electron chi connectivity index (χ1n) is 4.14. The van der Waals surface area contributed by atoms with Gasteiger partial charge in [-0.05, 0) is 6.07 Å². The molecule has 0 atom stereocenters. The van der Waals surface area contributed by atoms with E-state index in [1.807, 2.05) is 0 Å². The Bertz CT molecular complexity index is 344. The van der Waals surface area contributed by atoms with E-state index in [1.165, 1.54) is 14.2 Å². The van der Waals surface area contributed by atoms with Crippen LogP contribution in [0.1, 0.15) is 17.7 Å². The third kappa shape index (κ3) is 2.33. The lowest BCUT2D eigenvalue weighted by Gasteiger charge is -2.11. The van der Waals surface area contributed by atoms with Crippen LogP contribution in [-0.4, -0.2) is 24.3 Å². The highest BCUT2D eigenvalue weighted by Gasteiger charge is 2.19. The molecule has 1 rings (SSSR count). The summed E-state index contributed by atoms with van der Waals surface area (Å²) in [6, 6.07) is 1.11. The van der Waals surface area contributed by atoms with Gasteiger partial charge in [0.2, 0.25) is 5.88 Å². The molecule has 0 saturated heterocycles. The number of rotatable bonds is 4. The molecule has 1 heterocycles. The zero-order valence-corrected chi connectivity index (χ0v) is 8.33. The quantitative estimate of drug-likeness (QED) is 0.834. The van der Waals surface area contributed by atoms with Crippen molar-refractivity contribution < 1.29 is 23.4 Å². The number of ether oxygens (including phenoxy) is 2. The lowest BCUT2D eigenvalue weighted by atomic mass is 10.2. The fraction of sp³-hybridized carbons (Fsp3) is 0.444.